The summed E-state index contributed by atoms with van der Waals surface area (Å²) in [5.41, 5.74) is 14.3. The Labute approximate surface area is 316 Å². The lowest BCUT2D eigenvalue weighted by Crippen LogP contribution is -2.00. The van der Waals surface area contributed by atoms with Gasteiger partial charge in [0.15, 0.2) is 17.5 Å². The highest BCUT2D eigenvalue weighted by Crippen LogP contribution is 2.36. The highest BCUT2D eigenvalue weighted by Gasteiger charge is 2.16. The van der Waals surface area contributed by atoms with Crippen LogP contribution in [0.3, 0.4) is 0 Å². The summed E-state index contributed by atoms with van der Waals surface area (Å²) in [5, 5.41) is 0. The van der Waals surface area contributed by atoms with E-state index >= 15 is 0 Å². The summed E-state index contributed by atoms with van der Waals surface area (Å²) in [4.78, 5) is 15.4. The monoisotopic (exact) mass is 689 g/mol. The fourth-order valence-corrected chi connectivity index (χ4v) is 7.06. The van der Waals surface area contributed by atoms with Crippen LogP contribution in [-0.2, 0) is 0 Å². The second-order valence-electron chi connectivity index (χ2n) is 13.2. The van der Waals surface area contributed by atoms with Crippen molar-refractivity contribution in [2.45, 2.75) is 0 Å². The summed E-state index contributed by atoms with van der Waals surface area (Å²) in [6, 6.07) is 74.1. The van der Waals surface area contributed by atoms with Crippen LogP contribution in [0.2, 0.25) is 0 Å². The Morgan fingerprint density at radius 2 is 0.481 bits per heavy atom. The van der Waals surface area contributed by atoms with Crippen molar-refractivity contribution < 1.29 is 0 Å². The van der Waals surface area contributed by atoms with Gasteiger partial charge in [0.05, 0.1) is 0 Å². The largest absolute Gasteiger partial charge is 0.208 e. The molecule has 0 N–H and O–H groups in total. The predicted molar refractivity (Wildman–Crippen MR) is 223 cm³/mol. The second kappa shape index (κ2) is 14.8. The molecule has 0 aliphatic heterocycles. The average Bonchev–Trinajstić information content (AvgIpc) is 3.27. The lowest BCUT2D eigenvalue weighted by atomic mass is 9.93. The molecule has 0 unspecified atom stereocenters. The van der Waals surface area contributed by atoms with Crippen molar-refractivity contribution in [3.8, 4) is 89.8 Å². The first-order valence-electron chi connectivity index (χ1n) is 18.2. The van der Waals surface area contributed by atoms with Crippen LogP contribution in [0.15, 0.2) is 212 Å². The molecule has 0 radical (unpaired) electrons. The van der Waals surface area contributed by atoms with Crippen LogP contribution in [-0.4, -0.2) is 15.0 Å². The third-order valence-electron chi connectivity index (χ3n) is 9.77. The predicted octanol–water partition coefficient (Wildman–Crippen LogP) is 13.2. The Bertz CT molecular complexity index is 2690. The van der Waals surface area contributed by atoms with E-state index in [4.69, 9.17) is 15.0 Å². The summed E-state index contributed by atoms with van der Waals surface area (Å²) in [6.07, 6.45) is 0. The van der Waals surface area contributed by atoms with E-state index in [1.807, 2.05) is 6.07 Å². The van der Waals surface area contributed by atoms with E-state index in [0.717, 1.165) is 44.5 Å². The normalized spacial score (nSPS) is 11.0. The van der Waals surface area contributed by atoms with Crippen molar-refractivity contribution in [3.63, 3.8) is 0 Å². The Morgan fingerprint density at radius 3 is 0.963 bits per heavy atom. The molecular formula is C51H35N3. The van der Waals surface area contributed by atoms with Crippen molar-refractivity contribution in [2.75, 3.05) is 0 Å². The van der Waals surface area contributed by atoms with Crippen LogP contribution in [0.4, 0.5) is 0 Å². The molecule has 0 bridgehead atoms. The Hall–Kier alpha value is -7.23. The quantitative estimate of drug-likeness (QED) is 0.159. The zero-order chi connectivity index (χ0) is 36.1. The zero-order valence-electron chi connectivity index (χ0n) is 29.5. The molecule has 0 aliphatic carbocycles. The molecule has 1 heterocycles. The SMILES string of the molecule is c1ccc(-c2cccc(-c3nc(-c4ccc(-c5ccccc5-c5ccccc5)cc4)nc(-c4cccc(-c5ccccc5-c5ccccc5)c4)n3)c2)cc1. The number of rotatable bonds is 8. The molecule has 254 valence electrons. The van der Waals surface area contributed by atoms with Gasteiger partial charge in [-0.05, 0) is 67.8 Å². The van der Waals surface area contributed by atoms with E-state index < -0.39 is 0 Å². The summed E-state index contributed by atoms with van der Waals surface area (Å²) >= 11 is 0. The van der Waals surface area contributed by atoms with Gasteiger partial charge in [-0.3, -0.25) is 0 Å². The molecule has 8 aromatic carbocycles. The van der Waals surface area contributed by atoms with Crippen LogP contribution < -0.4 is 0 Å². The molecule has 3 nitrogen and oxygen atoms in total. The minimum Gasteiger partial charge on any atom is -0.208 e. The van der Waals surface area contributed by atoms with Gasteiger partial charge in [-0.25, -0.2) is 15.0 Å². The van der Waals surface area contributed by atoms with Gasteiger partial charge in [0.1, 0.15) is 0 Å². The molecule has 54 heavy (non-hydrogen) atoms. The first kappa shape index (κ1) is 32.7. The minimum atomic E-state index is 0.623. The standard InChI is InChI=1S/C51H35N3/c1-4-16-36(17-5-1)41-22-14-24-43(34-41)50-52-49(40-32-30-39(31-33-40)47-28-11-10-26-45(47)37-18-6-2-7-19-37)53-51(54-50)44-25-15-23-42(35-44)48-29-13-12-27-46(48)38-20-8-3-9-21-38/h1-35H. The molecule has 0 amide bonds. The van der Waals surface area contributed by atoms with Gasteiger partial charge in [0.25, 0.3) is 0 Å². The summed E-state index contributed by atoms with van der Waals surface area (Å²) in [6.45, 7) is 0. The van der Waals surface area contributed by atoms with E-state index in [-0.39, 0.29) is 0 Å². The van der Waals surface area contributed by atoms with Gasteiger partial charge in [-0.1, -0.05) is 200 Å². The fraction of sp³-hybridized carbons (Fsp3) is 0. The van der Waals surface area contributed by atoms with E-state index in [0.29, 0.717) is 17.5 Å². The molecule has 3 heteroatoms. The second-order valence-corrected chi connectivity index (χ2v) is 13.2. The fourth-order valence-electron chi connectivity index (χ4n) is 7.06. The molecule has 0 atom stereocenters. The van der Waals surface area contributed by atoms with Crippen LogP contribution in [0.5, 0.6) is 0 Å². The molecular weight excluding hydrogens is 655 g/mol. The van der Waals surface area contributed by atoms with Crippen molar-refractivity contribution >= 4 is 0 Å². The number of aromatic nitrogens is 3. The molecule has 0 saturated carbocycles. The Kier molecular flexibility index (Phi) is 8.94. The molecule has 9 aromatic rings. The van der Waals surface area contributed by atoms with Crippen LogP contribution in [0, 0.1) is 0 Å². The van der Waals surface area contributed by atoms with Gasteiger partial charge in [0.2, 0.25) is 0 Å². The van der Waals surface area contributed by atoms with Crippen molar-refractivity contribution in [3.05, 3.63) is 212 Å². The third-order valence-corrected chi connectivity index (χ3v) is 9.77. The van der Waals surface area contributed by atoms with Gasteiger partial charge in [-0.2, -0.15) is 0 Å². The first-order chi connectivity index (χ1) is 26.8. The summed E-state index contributed by atoms with van der Waals surface area (Å²) < 4.78 is 0. The lowest BCUT2D eigenvalue weighted by Gasteiger charge is -2.13. The Balaban J connectivity index is 1.15. The molecule has 9 rings (SSSR count). The lowest BCUT2D eigenvalue weighted by molar-refractivity contribution is 1.07. The number of hydrogen-bond donors (Lipinski definition) is 0. The van der Waals surface area contributed by atoms with Gasteiger partial charge in [-0.15, -0.1) is 0 Å². The summed E-state index contributed by atoms with van der Waals surface area (Å²) in [5.74, 6) is 1.87. The number of hydrogen-bond acceptors (Lipinski definition) is 3. The van der Waals surface area contributed by atoms with E-state index in [9.17, 15) is 0 Å². The van der Waals surface area contributed by atoms with E-state index in [1.165, 1.54) is 27.8 Å². The third kappa shape index (κ3) is 6.74. The van der Waals surface area contributed by atoms with Crippen LogP contribution in [0.1, 0.15) is 0 Å². The van der Waals surface area contributed by atoms with Gasteiger partial charge in [0, 0.05) is 16.7 Å². The van der Waals surface area contributed by atoms with Crippen LogP contribution in [0.25, 0.3) is 89.8 Å². The highest BCUT2D eigenvalue weighted by molar-refractivity contribution is 5.86. The zero-order valence-corrected chi connectivity index (χ0v) is 29.5. The molecule has 1 aromatic heterocycles. The molecule has 0 spiro atoms. The van der Waals surface area contributed by atoms with E-state index in [1.54, 1.807) is 0 Å². The maximum atomic E-state index is 5.14. The van der Waals surface area contributed by atoms with Crippen molar-refractivity contribution in [1.29, 1.82) is 0 Å². The number of benzene rings is 8. The summed E-state index contributed by atoms with van der Waals surface area (Å²) in [7, 11) is 0. The molecule has 0 saturated heterocycles. The topological polar surface area (TPSA) is 38.7 Å². The number of nitrogens with zero attached hydrogens (tertiary/aromatic N) is 3. The van der Waals surface area contributed by atoms with Gasteiger partial charge < -0.3 is 0 Å². The van der Waals surface area contributed by atoms with Crippen molar-refractivity contribution in [2.24, 2.45) is 0 Å². The maximum Gasteiger partial charge on any atom is 0.164 e. The van der Waals surface area contributed by atoms with Crippen LogP contribution >= 0.6 is 0 Å². The highest BCUT2D eigenvalue weighted by atomic mass is 15.0. The first-order valence-corrected chi connectivity index (χ1v) is 18.2. The Morgan fingerprint density at radius 1 is 0.185 bits per heavy atom. The molecule has 0 fully saturated rings. The minimum absolute atomic E-state index is 0.623. The van der Waals surface area contributed by atoms with Crippen molar-refractivity contribution in [1.82, 2.24) is 15.0 Å². The van der Waals surface area contributed by atoms with Gasteiger partial charge >= 0.3 is 0 Å². The average molecular weight is 690 g/mol. The molecule has 0 aliphatic rings. The smallest absolute Gasteiger partial charge is 0.164 e. The maximum absolute atomic E-state index is 5.14. The van der Waals surface area contributed by atoms with E-state index in [2.05, 4.69) is 206 Å².